The van der Waals surface area contributed by atoms with E-state index in [2.05, 4.69) is 5.32 Å². The number of amides is 2. The molecule has 3 aromatic carbocycles. The second-order valence-electron chi connectivity index (χ2n) is 9.25. The maximum Gasteiger partial charge on any atom is 0.337 e. The number of hydrogen-bond donors (Lipinski definition) is 1. The van der Waals surface area contributed by atoms with Gasteiger partial charge in [-0.2, -0.15) is 0 Å². The first-order valence-corrected chi connectivity index (χ1v) is 15.4. The van der Waals surface area contributed by atoms with Gasteiger partial charge >= 0.3 is 5.97 Å². The van der Waals surface area contributed by atoms with Crippen LogP contribution in [0.2, 0.25) is 0 Å². The van der Waals surface area contributed by atoms with Gasteiger partial charge in [-0.25, -0.2) is 13.2 Å². The van der Waals surface area contributed by atoms with E-state index in [1.165, 1.54) is 12.1 Å². The largest absolute Gasteiger partial charge is 0.484 e. The molecule has 0 bridgehead atoms. The van der Waals surface area contributed by atoms with Gasteiger partial charge in [-0.1, -0.05) is 66.2 Å². The van der Waals surface area contributed by atoms with Gasteiger partial charge in [-0.3, -0.25) is 14.4 Å². The predicted octanol–water partition coefficient (Wildman–Crippen LogP) is 2.85. The molecule has 1 N–H and O–H groups in total. The van der Waals surface area contributed by atoms with Crippen LogP contribution in [0, 0.1) is 6.92 Å². The van der Waals surface area contributed by atoms with Gasteiger partial charge in [-0.05, 0) is 43.7 Å². The molecule has 12 heteroatoms. The van der Waals surface area contributed by atoms with E-state index in [1.54, 1.807) is 79.7 Å². The summed E-state index contributed by atoms with van der Waals surface area (Å²) in [6, 6.07) is 20.3. The van der Waals surface area contributed by atoms with E-state index in [9.17, 15) is 27.6 Å². The Balaban J connectivity index is 1.55. The topological polar surface area (TPSA) is 136 Å². The number of nitrogens with zero attached hydrogens (tertiary/aromatic N) is 1. The Kier molecular flexibility index (Phi) is 9.46. The molecule has 0 spiro atoms. The summed E-state index contributed by atoms with van der Waals surface area (Å²) in [5.41, 5.74) is 1.50. The van der Waals surface area contributed by atoms with Crippen LogP contribution in [-0.4, -0.2) is 60.9 Å². The molecule has 0 aliphatic carbocycles. The number of β-lactam (4-membered cyclic amide) rings is 1. The zero-order valence-corrected chi connectivity index (χ0v) is 23.9. The Morgan fingerprint density at radius 3 is 2.17 bits per heavy atom. The third-order valence-corrected chi connectivity index (χ3v) is 9.88. The van der Waals surface area contributed by atoms with Gasteiger partial charge in [0.2, 0.25) is 14.8 Å². The summed E-state index contributed by atoms with van der Waals surface area (Å²) in [5.74, 6) is -2.78. The fourth-order valence-corrected chi connectivity index (χ4v) is 7.56. The molecule has 1 saturated heterocycles. The number of carbonyl (C=O) groups is 4. The lowest BCUT2D eigenvalue weighted by Gasteiger charge is -2.48. The molecule has 3 aromatic rings. The third kappa shape index (κ3) is 7.33. The van der Waals surface area contributed by atoms with Crippen molar-refractivity contribution in [3.8, 4) is 5.75 Å². The molecular weight excluding hydrogens is 568 g/mol. The molecular formula is C29H28N2O8S2. The fourth-order valence-electron chi connectivity index (χ4n) is 4.05. The number of nitrogens with one attached hydrogen (secondary N) is 1. The van der Waals surface area contributed by atoms with E-state index >= 15 is 0 Å². The average molecular weight is 597 g/mol. The molecule has 0 saturated carbocycles. The van der Waals surface area contributed by atoms with Crippen molar-refractivity contribution in [3.63, 3.8) is 0 Å². The van der Waals surface area contributed by atoms with Gasteiger partial charge < -0.3 is 19.7 Å². The summed E-state index contributed by atoms with van der Waals surface area (Å²) in [6.07, 6.45) is 0. The average Bonchev–Trinajstić information content (AvgIpc) is 2.96. The summed E-state index contributed by atoms with van der Waals surface area (Å²) in [6.45, 7) is 2.32. The molecule has 3 unspecified atom stereocenters. The highest BCUT2D eigenvalue weighted by atomic mass is 33.1. The number of carbonyl (C=O) groups excluding carboxylic acids is 4. The van der Waals surface area contributed by atoms with Crippen molar-refractivity contribution in [1.29, 1.82) is 0 Å². The van der Waals surface area contributed by atoms with Crippen molar-refractivity contribution in [2.24, 2.45) is 0 Å². The second-order valence-corrected chi connectivity index (χ2v) is 13.2. The number of para-hydroxylation sites is 1. The first kappa shape index (κ1) is 29.8. The van der Waals surface area contributed by atoms with Gasteiger partial charge in [0.1, 0.15) is 23.8 Å². The highest BCUT2D eigenvalue weighted by Gasteiger charge is 2.56. The summed E-state index contributed by atoms with van der Waals surface area (Å²) in [5, 5.41) is 1.19. The zero-order valence-electron chi connectivity index (χ0n) is 22.3. The number of esters is 1. The van der Waals surface area contributed by atoms with Gasteiger partial charge in [0.05, 0.1) is 4.90 Å². The highest BCUT2D eigenvalue weighted by molar-refractivity contribution is 8.72. The Hall–Kier alpha value is -4.16. The Morgan fingerprint density at radius 1 is 0.951 bits per heavy atom. The van der Waals surface area contributed by atoms with E-state index in [0.29, 0.717) is 22.1 Å². The maximum absolute atomic E-state index is 13.3. The van der Waals surface area contributed by atoms with Crippen LogP contribution in [0.4, 0.5) is 0 Å². The first-order chi connectivity index (χ1) is 19.6. The first-order valence-electron chi connectivity index (χ1n) is 12.6. The molecule has 3 atom stereocenters. The minimum atomic E-state index is -4.08. The van der Waals surface area contributed by atoms with Crippen LogP contribution in [0.1, 0.15) is 18.1 Å². The van der Waals surface area contributed by atoms with Crippen molar-refractivity contribution in [3.05, 3.63) is 96.1 Å². The van der Waals surface area contributed by atoms with E-state index in [0.717, 1.165) is 17.4 Å². The number of aryl methyl sites for hydroxylation is 1. The lowest BCUT2D eigenvalue weighted by Crippen LogP contribution is -2.74. The molecule has 1 heterocycles. The summed E-state index contributed by atoms with van der Waals surface area (Å²) >= 11 is 0. The zero-order chi connectivity index (χ0) is 29.6. The van der Waals surface area contributed by atoms with Crippen LogP contribution < -0.4 is 10.1 Å². The van der Waals surface area contributed by atoms with Crippen LogP contribution in [0.5, 0.6) is 5.75 Å². The van der Waals surface area contributed by atoms with Crippen LogP contribution in [0.3, 0.4) is 0 Å². The lowest BCUT2D eigenvalue weighted by atomic mass is 10.0. The summed E-state index contributed by atoms with van der Waals surface area (Å²) < 4.78 is 37.3. The minimum Gasteiger partial charge on any atom is -0.484 e. The van der Waals surface area contributed by atoms with Crippen LogP contribution in [-0.2, 0) is 39.4 Å². The van der Waals surface area contributed by atoms with Crippen LogP contribution in [0.15, 0.2) is 89.8 Å². The summed E-state index contributed by atoms with van der Waals surface area (Å²) in [4.78, 5) is 52.4. The number of hydrogen-bond acceptors (Lipinski definition) is 9. The number of benzene rings is 3. The highest BCUT2D eigenvalue weighted by Crippen LogP contribution is 2.39. The SMILES string of the molecule is CC(=O)C(C(=O)OCc1ccccc1)N1C(=O)C(NC(=O)COc2ccccc2)C1SS(=O)(=O)c1ccc(C)cc1. The van der Waals surface area contributed by atoms with Gasteiger partial charge in [0, 0.05) is 10.8 Å². The second kappa shape index (κ2) is 13.0. The molecule has 2 amide bonds. The molecule has 1 aliphatic heterocycles. The normalized spacial score (nSPS) is 17.2. The molecule has 41 heavy (non-hydrogen) atoms. The maximum atomic E-state index is 13.3. The lowest BCUT2D eigenvalue weighted by molar-refractivity contribution is -0.168. The van der Waals surface area contributed by atoms with Crippen molar-refractivity contribution >= 4 is 43.2 Å². The molecule has 1 fully saturated rings. The standard InChI is InChI=1S/C29H28N2O8S2/c1-19-13-15-23(16-14-19)41(36,37)40-28-25(30-24(33)18-38-22-11-7-4-8-12-22)27(34)31(28)26(20(2)32)29(35)39-17-21-9-5-3-6-10-21/h3-16,25-26,28H,17-18H2,1-2H3,(H,30,33). The molecule has 214 valence electrons. The number of rotatable bonds is 12. The minimum absolute atomic E-state index is 0.0316. The van der Waals surface area contributed by atoms with Crippen molar-refractivity contribution in [2.45, 2.75) is 42.8 Å². The third-order valence-electron chi connectivity index (χ3n) is 6.15. The number of ether oxygens (including phenoxy) is 2. The number of ketones is 1. The summed E-state index contributed by atoms with van der Waals surface area (Å²) in [7, 11) is -3.72. The molecule has 10 nitrogen and oxygen atoms in total. The number of likely N-dealkylation sites (tertiary alicyclic amines) is 1. The van der Waals surface area contributed by atoms with Gasteiger partial charge in [0.15, 0.2) is 18.4 Å². The quantitative estimate of drug-likeness (QED) is 0.145. The van der Waals surface area contributed by atoms with Crippen LogP contribution >= 0.6 is 10.8 Å². The number of Topliss-reactive ketones (excluding diaryl/α,β-unsaturated/α-hetero) is 1. The fraction of sp³-hybridized carbons (Fsp3) is 0.241. The monoisotopic (exact) mass is 596 g/mol. The smallest absolute Gasteiger partial charge is 0.337 e. The van der Waals surface area contributed by atoms with Crippen molar-refractivity contribution in [1.82, 2.24) is 10.2 Å². The van der Waals surface area contributed by atoms with Crippen molar-refractivity contribution in [2.75, 3.05) is 6.61 Å². The molecule has 4 rings (SSSR count). The van der Waals surface area contributed by atoms with E-state index in [4.69, 9.17) is 9.47 Å². The predicted molar refractivity (Wildman–Crippen MR) is 151 cm³/mol. The Bertz CT molecular complexity index is 1510. The van der Waals surface area contributed by atoms with Crippen molar-refractivity contribution < 1.29 is 37.1 Å². The van der Waals surface area contributed by atoms with E-state index in [-0.39, 0.29) is 11.5 Å². The van der Waals surface area contributed by atoms with E-state index in [1.807, 2.05) is 0 Å². The van der Waals surface area contributed by atoms with Crippen LogP contribution in [0.25, 0.3) is 0 Å². The molecule has 0 radical (unpaired) electrons. The molecule has 0 aromatic heterocycles. The molecule has 1 aliphatic rings. The van der Waals surface area contributed by atoms with Gasteiger partial charge in [0.25, 0.3) is 5.91 Å². The van der Waals surface area contributed by atoms with Gasteiger partial charge in [-0.15, -0.1) is 0 Å². The Labute approximate surface area is 241 Å². The van der Waals surface area contributed by atoms with E-state index < -0.39 is 56.5 Å². The Morgan fingerprint density at radius 2 is 1.56 bits per heavy atom.